The van der Waals surface area contributed by atoms with Gasteiger partial charge in [0.05, 0.1) is 20.0 Å². The molecule has 1 fully saturated rings. The van der Waals surface area contributed by atoms with Crippen molar-refractivity contribution in [2.45, 2.75) is 13.0 Å². The zero-order chi connectivity index (χ0) is 18.3. The van der Waals surface area contributed by atoms with E-state index in [9.17, 15) is 8.42 Å². The molecule has 1 aliphatic heterocycles. The highest BCUT2D eigenvalue weighted by Gasteiger charge is 2.27. The van der Waals surface area contributed by atoms with Gasteiger partial charge in [0.1, 0.15) is 11.5 Å². The molecule has 8 nitrogen and oxygen atoms in total. The maximum Gasteiger partial charge on any atom is 0.214 e. The number of nitrogens with zero attached hydrogens (tertiary/aromatic N) is 2. The number of aliphatic imine (C=N–C) groups is 1. The second kappa shape index (κ2) is 10.8. The quantitative estimate of drug-likeness (QED) is 0.332. The van der Waals surface area contributed by atoms with E-state index < -0.39 is 10.0 Å². The Hall–Kier alpha value is -1.27. The minimum atomic E-state index is -3.06. The highest BCUT2D eigenvalue weighted by molar-refractivity contribution is 14.0. The van der Waals surface area contributed by atoms with Crippen LogP contribution in [0, 0.1) is 0 Å². The monoisotopic (exact) mass is 498 g/mol. The number of sulfonamides is 1. The maximum absolute atomic E-state index is 11.8. The molecule has 0 aliphatic carbocycles. The summed E-state index contributed by atoms with van der Waals surface area (Å²) in [4.78, 5) is 4.15. The van der Waals surface area contributed by atoms with Gasteiger partial charge in [-0.2, -0.15) is 0 Å². The Morgan fingerprint density at radius 1 is 1.27 bits per heavy atom. The second-order valence-electron chi connectivity index (χ2n) is 5.60. The SMILES string of the molecule is CN=C(NCCN1CCCS1(=O)=O)NCc1ccc(OC)cc1OC.I. The predicted molar refractivity (Wildman–Crippen MR) is 113 cm³/mol. The summed E-state index contributed by atoms with van der Waals surface area (Å²) >= 11 is 0. The molecule has 0 amide bonds. The lowest BCUT2D eigenvalue weighted by molar-refractivity contribution is 0.390. The van der Waals surface area contributed by atoms with Crippen molar-refractivity contribution in [2.75, 3.05) is 46.7 Å². The predicted octanol–water partition coefficient (Wildman–Crippen LogP) is 1.02. The summed E-state index contributed by atoms with van der Waals surface area (Å²) in [6, 6.07) is 5.62. The number of nitrogens with one attached hydrogen (secondary N) is 2. The highest BCUT2D eigenvalue weighted by Crippen LogP contribution is 2.24. The minimum Gasteiger partial charge on any atom is -0.497 e. The van der Waals surface area contributed by atoms with Crippen LogP contribution in [-0.2, 0) is 16.6 Å². The van der Waals surface area contributed by atoms with Crippen LogP contribution >= 0.6 is 24.0 Å². The molecule has 0 saturated carbocycles. The zero-order valence-electron chi connectivity index (χ0n) is 15.3. The highest BCUT2D eigenvalue weighted by atomic mass is 127. The number of methoxy groups -OCH3 is 2. The van der Waals surface area contributed by atoms with Crippen LogP contribution in [0.3, 0.4) is 0 Å². The average Bonchev–Trinajstić information content (AvgIpc) is 2.96. The molecule has 1 aliphatic rings. The first-order chi connectivity index (χ1) is 12.0. The van der Waals surface area contributed by atoms with Gasteiger partial charge in [-0.1, -0.05) is 0 Å². The van der Waals surface area contributed by atoms with E-state index in [1.165, 1.54) is 4.31 Å². The van der Waals surface area contributed by atoms with Gasteiger partial charge in [0.2, 0.25) is 10.0 Å². The Bertz CT molecular complexity index is 712. The molecule has 0 spiro atoms. The van der Waals surface area contributed by atoms with Gasteiger partial charge >= 0.3 is 0 Å². The Morgan fingerprint density at radius 2 is 2.04 bits per heavy atom. The smallest absolute Gasteiger partial charge is 0.214 e. The molecular formula is C16H27IN4O4S. The van der Waals surface area contributed by atoms with Crippen molar-refractivity contribution in [2.24, 2.45) is 4.99 Å². The van der Waals surface area contributed by atoms with E-state index in [1.54, 1.807) is 21.3 Å². The normalized spacial score (nSPS) is 16.7. The number of guanidine groups is 1. The van der Waals surface area contributed by atoms with E-state index in [1.807, 2.05) is 18.2 Å². The standard InChI is InChI=1S/C16H26N4O4S.HI/c1-17-16(18-7-9-20-8-4-10-25(20,21)22)19-12-13-5-6-14(23-2)11-15(13)24-3;/h5-6,11H,4,7-10,12H2,1-3H3,(H2,17,18,19);1H. The van der Waals surface area contributed by atoms with E-state index in [0.717, 1.165) is 17.1 Å². The van der Waals surface area contributed by atoms with Crippen LogP contribution in [0.4, 0.5) is 0 Å². The van der Waals surface area contributed by atoms with E-state index in [-0.39, 0.29) is 29.7 Å². The van der Waals surface area contributed by atoms with Crippen LogP contribution in [0.15, 0.2) is 23.2 Å². The lowest BCUT2D eigenvalue weighted by Crippen LogP contribution is -2.41. The largest absolute Gasteiger partial charge is 0.497 e. The second-order valence-corrected chi connectivity index (χ2v) is 7.69. The molecule has 26 heavy (non-hydrogen) atoms. The Morgan fingerprint density at radius 3 is 2.62 bits per heavy atom. The van der Waals surface area contributed by atoms with E-state index in [2.05, 4.69) is 15.6 Å². The van der Waals surface area contributed by atoms with Crippen molar-refractivity contribution in [1.29, 1.82) is 0 Å². The van der Waals surface area contributed by atoms with Crippen molar-refractivity contribution >= 4 is 40.0 Å². The van der Waals surface area contributed by atoms with Crippen LogP contribution in [0.25, 0.3) is 0 Å². The summed E-state index contributed by atoms with van der Waals surface area (Å²) in [5, 5.41) is 6.33. The van der Waals surface area contributed by atoms with Crippen molar-refractivity contribution in [1.82, 2.24) is 14.9 Å². The third-order valence-electron chi connectivity index (χ3n) is 4.02. The topological polar surface area (TPSA) is 92.3 Å². The average molecular weight is 498 g/mol. The molecule has 148 valence electrons. The van der Waals surface area contributed by atoms with Crippen molar-refractivity contribution in [3.05, 3.63) is 23.8 Å². The van der Waals surface area contributed by atoms with Crippen molar-refractivity contribution in [3.8, 4) is 11.5 Å². The molecule has 0 unspecified atom stereocenters. The molecule has 10 heteroatoms. The van der Waals surface area contributed by atoms with E-state index >= 15 is 0 Å². The van der Waals surface area contributed by atoms with Crippen LogP contribution in [0.5, 0.6) is 11.5 Å². The van der Waals surface area contributed by atoms with Gasteiger partial charge in [0.15, 0.2) is 5.96 Å². The van der Waals surface area contributed by atoms with Gasteiger partial charge in [0.25, 0.3) is 0 Å². The number of benzene rings is 1. The van der Waals surface area contributed by atoms with Gasteiger partial charge in [-0.15, -0.1) is 24.0 Å². The third kappa shape index (κ3) is 6.16. The molecule has 0 bridgehead atoms. The Balaban J connectivity index is 0.00000338. The van der Waals surface area contributed by atoms with Gasteiger partial charge in [-0.3, -0.25) is 4.99 Å². The fraction of sp³-hybridized carbons (Fsp3) is 0.562. The molecular weight excluding hydrogens is 471 g/mol. The first kappa shape index (κ1) is 22.8. The summed E-state index contributed by atoms with van der Waals surface area (Å²) in [6.07, 6.45) is 0.701. The van der Waals surface area contributed by atoms with Gasteiger partial charge in [0, 0.05) is 44.9 Å². The van der Waals surface area contributed by atoms with Crippen LogP contribution < -0.4 is 20.1 Å². The Labute approximate surface area is 172 Å². The van der Waals surface area contributed by atoms with Gasteiger partial charge < -0.3 is 20.1 Å². The fourth-order valence-corrected chi connectivity index (χ4v) is 4.17. The summed E-state index contributed by atoms with van der Waals surface area (Å²) in [5.74, 6) is 2.31. The molecule has 0 atom stereocenters. The summed E-state index contributed by atoms with van der Waals surface area (Å²) in [7, 11) is 1.84. The van der Waals surface area contributed by atoms with Crippen LogP contribution in [0.2, 0.25) is 0 Å². The Kier molecular flexibility index (Phi) is 9.44. The summed E-state index contributed by atoms with van der Waals surface area (Å²) in [5.41, 5.74) is 0.966. The molecule has 1 saturated heterocycles. The number of ether oxygens (including phenoxy) is 2. The van der Waals surface area contributed by atoms with Crippen LogP contribution in [-0.4, -0.2) is 65.3 Å². The molecule has 1 aromatic rings. The third-order valence-corrected chi connectivity index (χ3v) is 5.98. The van der Waals surface area contributed by atoms with E-state index in [4.69, 9.17) is 9.47 Å². The first-order valence-corrected chi connectivity index (χ1v) is 9.74. The van der Waals surface area contributed by atoms with Gasteiger partial charge in [-0.05, 0) is 18.6 Å². The molecule has 1 aromatic carbocycles. The molecule has 0 aromatic heterocycles. The van der Waals surface area contributed by atoms with Crippen molar-refractivity contribution in [3.63, 3.8) is 0 Å². The fourth-order valence-electron chi connectivity index (χ4n) is 2.64. The van der Waals surface area contributed by atoms with Crippen molar-refractivity contribution < 1.29 is 17.9 Å². The number of hydrogen-bond acceptors (Lipinski definition) is 5. The molecule has 0 radical (unpaired) electrons. The minimum absolute atomic E-state index is 0. The first-order valence-electron chi connectivity index (χ1n) is 8.13. The summed E-state index contributed by atoms with van der Waals surface area (Å²) < 4.78 is 35.6. The zero-order valence-corrected chi connectivity index (χ0v) is 18.5. The number of rotatable bonds is 7. The van der Waals surface area contributed by atoms with Gasteiger partial charge in [-0.25, -0.2) is 12.7 Å². The summed E-state index contributed by atoms with van der Waals surface area (Å²) in [6.45, 7) is 2.06. The molecule has 2 rings (SSSR count). The lowest BCUT2D eigenvalue weighted by Gasteiger charge is -2.17. The number of hydrogen-bond donors (Lipinski definition) is 2. The van der Waals surface area contributed by atoms with Crippen LogP contribution in [0.1, 0.15) is 12.0 Å². The van der Waals surface area contributed by atoms with E-state index in [0.29, 0.717) is 38.6 Å². The number of halogens is 1. The molecule has 1 heterocycles. The maximum atomic E-state index is 11.8. The molecule has 2 N–H and O–H groups in total. The lowest BCUT2D eigenvalue weighted by atomic mass is 10.2.